The molecule has 0 amide bonds. The second-order valence-electron chi connectivity index (χ2n) is 4.72. The first-order chi connectivity index (χ1) is 5.86. The lowest BCUT2D eigenvalue weighted by Gasteiger charge is -2.27. The van der Waals surface area contributed by atoms with Crippen LogP contribution in [-0.2, 0) is 4.79 Å². The fourth-order valence-corrected chi connectivity index (χ4v) is 1.78. The van der Waals surface area contributed by atoms with Gasteiger partial charge in [0.15, 0.2) is 0 Å². The van der Waals surface area contributed by atoms with Crippen LogP contribution in [0.2, 0.25) is 0 Å². The lowest BCUT2D eigenvalue weighted by atomic mass is 9.93. The predicted octanol–water partition coefficient (Wildman–Crippen LogP) is 2.19. The van der Waals surface area contributed by atoms with Crippen molar-refractivity contribution >= 4 is 5.78 Å². The first-order valence-corrected chi connectivity index (χ1v) is 5.05. The molecular weight excluding hydrogens is 162 g/mol. The maximum absolute atomic E-state index is 11.8. The maximum Gasteiger partial charge on any atom is 0.150 e. The van der Waals surface area contributed by atoms with Gasteiger partial charge in [0, 0.05) is 6.42 Å². The van der Waals surface area contributed by atoms with Gasteiger partial charge in [0.2, 0.25) is 0 Å². The molecule has 0 rings (SSSR count). The van der Waals surface area contributed by atoms with Crippen molar-refractivity contribution in [3.05, 3.63) is 0 Å². The molecule has 78 valence electrons. The minimum absolute atomic E-state index is 0.0856. The molecule has 2 heteroatoms. The molecule has 0 spiro atoms. The fraction of sp³-hybridized carbons (Fsp3) is 0.909. The molecule has 0 aliphatic heterocycles. The zero-order valence-electron chi connectivity index (χ0n) is 9.79. The molecule has 0 saturated carbocycles. The van der Waals surface area contributed by atoms with Crippen LogP contribution < -0.4 is 0 Å². The van der Waals surface area contributed by atoms with Gasteiger partial charge in [-0.05, 0) is 25.9 Å². The number of ketones is 1. The van der Waals surface area contributed by atoms with Crippen LogP contribution in [0.1, 0.15) is 34.1 Å². The third-order valence-corrected chi connectivity index (χ3v) is 2.13. The largest absolute Gasteiger partial charge is 0.300 e. The highest BCUT2D eigenvalue weighted by Crippen LogP contribution is 2.13. The minimum Gasteiger partial charge on any atom is -0.300 e. The Labute approximate surface area is 82.3 Å². The van der Waals surface area contributed by atoms with E-state index >= 15 is 0 Å². The van der Waals surface area contributed by atoms with Gasteiger partial charge in [0.1, 0.15) is 5.78 Å². The van der Waals surface area contributed by atoms with Crippen molar-refractivity contribution in [2.75, 3.05) is 14.1 Å². The van der Waals surface area contributed by atoms with Gasteiger partial charge in [-0.3, -0.25) is 9.69 Å². The van der Waals surface area contributed by atoms with Crippen LogP contribution in [-0.4, -0.2) is 30.8 Å². The summed E-state index contributed by atoms with van der Waals surface area (Å²) < 4.78 is 0. The molecular formula is C11H23NO. The van der Waals surface area contributed by atoms with E-state index in [4.69, 9.17) is 0 Å². The van der Waals surface area contributed by atoms with Crippen molar-refractivity contribution in [1.82, 2.24) is 4.90 Å². The highest BCUT2D eigenvalue weighted by atomic mass is 16.1. The number of carbonyl (C=O) groups excluding carboxylic acids is 1. The summed E-state index contributed by atoms with van der Waals surface area (Å²) in [5.41, 5.74) is 0. The van der Waals surface area contributed by atoms with Crippen molar-refractivity contribution in [3.63, 3.8) is 0 Å². The maximum atomic E-state index is 11.8. The standard InChI is InChI=1S/C11H23NO/c1-8(2)7-10(13)11(9(3)4)12(5)6/h8-9,11H,7H2,1-6H3/t11-/m1/s1. The molecule has 0 unspecified atom stereocenters. The van der Waals surface area contributed by atoms with Gasteiger partial charge < -0.3 is 0 Å². The number of carbonyl (C=O) groups is 1. The second-order valence-corrected chi connectivity index (χ2v) is 4.72. The Morgan fingerprint density at radius 2 is 1.62 bits per heavy atom. The lowest BCUT2D eigenvalue weighted by molar-refractivity contribution is -0.125. The first-order valence-electron chi connectivity index (χ1n) is 5.05. The molecule has 0 aliphatic rings. The molecule has 0 heterocycles. The third kappa shape index (κ3) is 4.41. The number of Topliss-reactive ketones (excluding diaryl/α,β-unsaturated/α-hetero) is 1. The van der Waals surface area contributed by atoms with Crippen molar-refractivity contribution in [2.45, 2.75) is 40.2 Å². The van der Waals surface area contributed by atoms with E-state index in [9.17, 15) is 4.79 Å². The quantitative estimate of drug-likeness (QED) is 0.654. The monoisotopic (exact) mass is 185 g/mol. The molecule has 0 saturated heterocycles. The number of hydrogen-bond donors (Lipinski definition) is 0. The SMILES string of the molecule is CC(C)CC(=O)[C@@H](C(C)C)N(C)C. The summed E-state index contributed by atoms with van der Waals surface area (Å²) in [6, 6.07) is 0.0856. The smallest absolute Gasteiger partial charge is 0.150 e. The number of rotatable bonds is 5. The molecule has 0 aromatic rings. The second kappa shape index (κ2) is 5.38. The molecule has 0 aromatic heterocycles. The van der Waals surface area contributed by atoms with Crippen molar-refractivity contribution in [3.8, 4) is 0 Å². The highest BCUT2D eigenvalue weighted by Gasteiger charge is 2.24. The van der Waals surface area contributed by atoms with Gasteiger partial charge in [-0.1, -0.05) is 27.7 Å². The highest BCUT2D eigenvalue weighted by molar-refractivity contribution is 5.84. The minimum atomic E-state index is 0.0856. The van der Waals surface area contributed by atoms with Crippen LogP contribution in [0.25, 0.3) is 0 Å². The Morgan fingerprint density at radius 3 is 1.85 bits per heavy atom. The fourth-order valence-electron chi connectivity index (χ4n) is 1.78. The molecule has 0 radical (unpaired) electrons. The lowest BCUT2D eigenvalue weighted by Crippen LogP contribution is -2.40. The summed E-state index contributed by atoms with van der Waals surface area (Å²) in [6.45, 7) is 8.38. The van der Waals surface area contributed by atoms with Gasteiger partial charge in [0.25, 0.3) is 0 Å². The predicted molar refractivity (Wildman–Crippen MR) is 56.8 cm³/mol. The Kier molecular flexibility index (Phi) is 5.23. The molecule has 0 bridgehead atoms. The normalized spacial score (nSPS) is 14.2. The average Bonchev–Trinajstić information content (AvgIpc) is 1.81. The van der Waals surface area contributed by atoms with E-state index in [0.717, 1.165) is 0 Å². The Morgan fingerprint density at radius 1 is 1.15 bits per heavy atom. The summed E-state index contributed by atoms with van der Waals surface area (Å²) in [4.78, 5) is 13.8. The van der Waals surface area contributed by atoms with E-state index in [0.29, 0.717) is 24.0 Å². The summed E-state index contributed by atoms with van der Waals surface area (Å²) >= 11 is 0. The Hall–Kier alpha value is -0.370. The molecule has 13 heavy (non-hydrogen) atoms. The van der Waals surface area contributed by atoms with Crippen LogP contribution in [0.4, 0.5) is 0 Å². The zero-order chi connectivity index (χ0) is 10.6. The summed E-state index contributed by atoms with van der Waals surface area (Å²) in [7, 11) is 3.95. The van der Waals surface area contributed by atoms with Crippen molar-refractivity contribution in [2.24, 2.45) is 11.8 Å². The van der Waals surface area contributed by atoms with E-state index < -0.39 is 0 Å². The first kappa shape index (κ1) is 12.6. The topological polar surface area (TPSA) is 20.3 Å². The molecule has 2 nitrogen and oxygen atoms in total. The van der Waals surface area contributed by atoms with E-state index in [1.807, 2.05) is 19.0 Å². The van der Waals surface area contributed by atoms with E-state index in [2.05, 4.69) is 27.7 Å². The Balaban J connectivity index is 4.29. The Bertz CT molecular complexity index is 153. The van der Waals surface area contributed by atoms with Gasteiger partial charge in [-0.15, -0.1) is 0 Å². The number of hydrogen-bond acceptors (Lipinski definition) is 2. The van der Waals surface area contributed by atoms with Gasteiger partial charge in [-0.2, -0.15) is 0 Å². The zero-order valence-corrected chi connectivity index (χ0v) is 9.79. The van der Waals surface area contributed by atoms with Gasteiger partial charge in [-0.25, -0.2) is 0 Å². The molecule has 0 N–H and O–H groups in total. The van der Waals surface area contributed by atoms with E-state index in [-0.39, 0.29) is 6.04 Å². The van der Waals surface area contributed by atoms with Crippen LogP contribution in [0.5, 0.6) is 0 Å². The average molecular weight is 185 g/mol. The van der Waals surface area contributed by atoms with Crippen LogP contribution >= 0.6 is 0 Å². The molecule has 1 atom stereocenters. The number of nitrogens with zero attached hydrogens (tertiary/aromatic N) is 1. The van der Waals surface area contributed by atoms with Crippen LogP contribution in [0.3, 0.4) is 0 Å². The van der Waals surface area contributed by atoms with E-state index in [1.165, 1.54) is 0 Å². The van der Waals surface area contributed by atoms with E-state index in [1.54, 1.807) is 0 Å². The van der Waals surface area contributed by atoms with Gasteiger partial charge in [0.05, 0.1) is 6.04 Å². The van der Waals surface area contributed by atoms with Crippen molar-refractivity contribution in [1.29, 1.82) is 0 Å². The summed E-state index contributed by atoms with van der Waals surface area (Å²) in [5, 5.41) is 0. The number of likely N-dealkylation sites (N-methyl/N-ethyl adjacent to an activating group) is 1. The van der Waals surface area contributed by atoms with Crippen molar-refractivity contribution < 1.29 is 4.79 Å². The molecule has 0 fully saturated rings. The third-order valence-electron chi connectivity index (χ3n) is 2.13. The van der Waals surface area contributed by atoms with Crippen LogP contribution in [0.15, 0.2) is 0 Å². The summed E-state index contributed by atoms with van der Waals surface area (Å²) in [6.07, 6.45) is 0.695. The molecule has 0 aromatic carbocycles. The van der Waals surface area contributed by atoms with Crippen LogP contribution in [0, 0.1) is 11.8 Å². The summed E-state index contributed by atoms with van der Waals surface area (Å²) in [5.74, 6) is 1.24. The van der Waals surface area contributed by atoms with Gasteiger partial charge >= 0.3 is 0 Å². The molecule has 0 aliphatic carbocycles.